The van der Waals surface area contributed by atoms with Crippen molar-refractivity contribution >= 4 is 29.4 Å². The molecule has 0 aliphatic rings. The van der Waals surface area contributed by atoms with Gasteiger partial charge < -0.3 is 9.47 Å². The van der Waals surface area contributed by atoms with Crippen LogP contribution in [0.4, 0.5) is 4.79 Å². The average Bonchev–Trinajstić information content (AvgIpc) is 2.76. The molecule has 0 N–H and O–H groups in total. The van der Waals surface area contributed by atoms with Crippen LogP contribution in [-0.2, 0) is 0 Å². The van der Waals surface area contributed by atoms with Gasteiger partial charge in [0.1, 0.15) is 11.5 Å². The fourth-order valence-electron chi connectivity index (χ4n) is 3.12. The molecule has 5 heteroatoms. The summed E-state index contributed by atoms with van der Waals surface area (Å²) >= 11 is 12.6. The van der Waals surface area contributed by atoms with Crippen LogP contribution >= 0.6 is 23.2 Å². The predicted octanol–water partition coefficient (Wildman–Crippen LogP) is 7.91. The van der Waals surface area contributed by atoms with Gasteiger partial charge in [-0.15, -0.1) is 0 Å². The van der Waals surface area contributed by atoms with E-state index in [4.69, 9.17) is 32.7 Å². The zero-order valence-corrected chi connectivity index (χ0v) is 17.2. The monoisotopic (exact) mass is 434 g/mol. The average molecular weight is 435 g/mol. The molecule has 0 unspecified atom stereocenters. The Labute approximate surface area is 184 Å². The SMILES string of the molecule is O=C(Oc1ccccc1-c1ccccc1Cl)Oc1ccccc1-c1ccccc1Cl. The third-order valence-corrected chi connectivity index (χ3v) is 5.15. The van der Waals surface area contributed by atoms with Crippen molar-refractivity contribution in [1.29, 1.82) is 0 Å². The van der Waals surface area contributed by atoms with Gasteiger partial charge in [0.15, 0.2) is 0 Å². The number of hydrogen-bond acceptors (Lipinski definition) is 3. The molecule has 0 heterocycles. The van der Waals surface area contributed by atoms with Gasteiger partial charge in [0.2, 0.25) is 0 Å². The van der Waals surface area contributed by atoms with Gasteiger partial charge in [-0.05, 0) is 24.3 Å². The molecule has 0 aliphatic carbocycles. The van der Waals surface area contributed by atoms with Gasteiger partial charge >= 0.3 is 6.16 Å². The van der Waals surface area contributed by atoms with Crippen molar-refractivity contribution in [3.8, 4) is 33.8 Å². The Morgan fingerprint density at radius 3 is 1.23 bits per heavy atom. The van der Waals surface area contributed by atoms with Crippen LogP contribution in [0.3, 0.4) is 0 Å². The summed E-state index contributed by atoms with van der Waals surface area (Å²) in [5.41, 5.74) is 2.91. The lowest BCUT2D eigenvalue weighted by molar-refractivity contribution is 0.152. The molecule has 0 aromatic heterocycles. The molecular formula is C25H16Cl2O3. The van der Waals surface area contributed by atoms with Gasteiger partial charge in [-0.1, -0.05) is 96.0 Å². The number of ether oxygens (including phenoxy) is 2. The number of hydrogen-bond donors (Lipinski definition) is 0. The summed E-state index contributed by atoms with van der Waals surface area (Å²) in [6.07, 6.45) is -0.853. The van der Waals surface area contributed by atoms with E-state index in [1.165, 1.54) is 0 Å². The topological polar surface area (TPSA) is 35.5 Å². The fourth-order valence-corrected chi connectivity index (χ4v) is 3.59. The van der Waals surface area contributed by atoms with Crippen LogP contribution in [0.25, 0.3) is 22.3 Å². The number of para-hydroxylation sites is 2. The molecule has 0 atom stereocenters. The maximum Gasteiger partial charge on any atom is 0.519 e. The molecule has 0 saturated heterocycles. The zero-order chi connectivity index (χ0) is 20.9. The highest BCUT2D eigenvalue weighted by Crippen LogP contribution is 2.36. The molecule has 0 bridgehead atoms. The van der Waals surface area contributed by atoms with Gasteiger partial charge in [0, 0.05) is 32.3 Å². The molecule has 0 aliphatic heterocycles. The van der Waals surface area contributed by atoms with Crippen molar-refractivity contribution in [2.24, 2.45) is 0 Å². The Morgan fingerprint density at radius 1 is 0.500 bits per heavy atom. The van der Waals surface area contributed by atoms with Gasteiger partial charge in [0.25, 0.3) is 0 Å². The first-order valence-electron chi connectivity index (χ1n) is 9.21. The van der Waals surface area contributed by atoms with E-state index in [0.717, 1.165) is 11.1 Å². The molecule has 4 aromatic carbocycles. The van der Waals surface area contributed by atoms with Gasteiger partial charge in [-0.3, -0.25) is 0 Å². The van der Waals surface area contributed by atoms with Gasteiger partial charge in [0.05, 0.1) is 0 Å². The second kappa shape index (κ2) is 9.04. The first kappa shape index (κ1) is 20.0. The molecule has 4 rings (SSSR count). The molecule has 0 radical (unpaired) electrons. The maximum absolute atomic E-state index is 12.6. The highest BCUT2D eigenvalue weighted by Gasteiger charge is 2.17. The third kappa shape index (κ3) is 4.33. The number of carbonyl (C=O) groups excluding carboxylic acids is 1. The van der Waals surface area contributed by atoms with E-state index in [1.807, 2.05) is 60.7 Å². The van der Waals surface area contributed by atoms with E-state index in [2.05, 4.69) is 0 Å². The zero-order valence-electron chi connectivity index (χ0n) is 15.7. The highest BCUT2D eigenvalue weighted by molar-refractivity contribution is 6.33. The number of carbonyl (C=O) groups is 1. The summed E-state index contributed by atoms with van der Waals surface area (Å²) in [6, 6.07) is 29.0. The largest absolute Gasteiger partial charge is 0.519 e. The number of benzene rings is 4. The van der Waals surface area contributed by atoms with Crippen LogP contribution in [0, 0.1) is 0 Å². The Morgan fingerprint density at radius 2 is 0.833 bits per heavy atom. The Kier molecular flexibility index (Phi) is 6.03. The summed E-state index contributed by atoms with van der Waals surface area (Å²) in [4.78, 5) is 12.6. The van der Waals surface area contributed by atoms with Crippen LogP contribution in [-0.4, -0.2) is 6.16 Å². The summed E-state index contributed by atoms with van der Waals surface area (Å²) in [5.74, 6) is 0.705. The molecule has 3 nitrogen and oxygen atoms in total. The van der Waals surface area contributed by atoms with Crippen molar-refractivity contribution in [1.82, 2.24) is 0 Å². The Bertz CT molecular complexity index is 1110. The minimum absolute atomic E-state index is 0.353. The number of halogens is 2. The van der Waals surface area contributed by atoms with Crippen molar-refractivity contribution in [2.75, 3.05) is 0 Å². The van der Waals surface area contributed by atoms with Crippen LogP contribution < -0.4 is 9.47 Å². The van der Waals surface area contributed by atoms with Crippen molar-refractivity contribution in [3.05, 3.63) is 107 Å². The molecular weight excluding hydrogens is 419 g/mol. The second-order valence-electron chi connectivity index (χ2n) is 6.41. The van der Waals surface area contributed by atoms with E-state index in [0.29, 0.717) is 32.7 Å². The third-order valence-electron chi connectivity index (χ3n) is 4.49. The summed E-state index contributed by atoms with van der Waals surface area (Å²) in [6.45, 7) is 0. The molecule has 0 saturated carbocycles. The Hall–Kier alpha value is -3.27. The first-order valence-corrected chi connectivity index (χ1v) is 9.96. The smallest absolute Gasteiger partial charge is 0.394 e. The minimum atomic E-state index is -0.853. The molecule has 0 fully saturated rings. The predicted molar refractivity (Wildman–Crippen MR) is 120 cm³/mol. The molecule has 0 amide bonds. The summed E-state index contributed by atoms with van der Waals surface area (Å²) in [5, 5.41) is 1.12. The lowest BCUT2D eigenvalue weighted by atomic mass is 10.0. The van der Waals surface area contributed by atoms with E-state index in [9.17, 15) is 4.79 Å². The van der Waals surface area contributed by atoms with Gasteiger partial charge in [-0.2, -0.15) is 0 Å². The minimum Gasteiger partial charge on any atom is -0.394 e. The second-order valence-corrected chi connectivity index (χ2v) is 7.22. The fraction of sp³-hybridized carbons (Fsp3) is 0. The van der Waals surface area contributed by atoms with Crippen LogP contribution in [0.1, 0.15) is 0 Å². The summed E-state index contributed by atoms with van der Waals surface area (Å²) in [7, 11) is 0. The molecule has 0 spiro atoms. The van der Waals surface area contributed by atoms with Crippen LogP contribution in [0.5, 0.6) is 11.5 Å². The van der Waals surface area contributed by atoms with Crippen LogP contribution in [0.2, 0.25) is 10.0 Å². The molecule has 4 aromatic rings. The number of rotatable bonds is 4. The highest BCUT2D eigenvalue weighted by atomic mass is 35.5. The van der Waals surface area contributed by atoms with Crippen molar-refractivity contribution in [3.63, 3.8) is 0 Å². The van der Waals surface area contributed by atoms with E-state index < -0.39 is 6.16 Å². The van der Waals surface area contributed by atoms with E-state index in [-0.39, 0.29) is 0 Å². The van der Waals surface area contributed by atoms with Crippen LogP contribution in [0.15, 0.2) is 97.1 Å². The quantitative estimate of drug-likeness (QED) is 0.241. The Balaban J connectivity index is 1.61. The standard InChI is InChI=1S/C25H16Cl2O3/c26-21-13-5-1-9-17(21)19-11-3-7-15-23(19)29-25(28)30-24-16-8-4-12-20(24)18-10-2-6-14-22(18)27/h1-16H. The maximum atomic E-state index is 12.6. The lowest BCUT2D eigenvalue weighted by Gasteiger charge is -2.13. The van der Waals surface area contributed by atoms with Gasteiger partial charge in [-0.25, -0.2) is 4.79 Å². The van der Waals surface area contributed by atoms with Crippen molar-refractivity contribution < 1.29 is 14.3 Å². The molecule has 30 heavy (non-hydrogen) atoms. The first-order chi connectivity index (χ1) is 14.6. The van der Waals surface area contributed by atoms with Crippen molar-refractivity contribution in [2.45, 2.75) is 0 Å². The normalized spacial score (nSPS) is 10.5. The lowest BCUT2D eigenvalue weighted by Crippen LogP contribution is -2.14. The van der Waals surface area contributed by atoms with E-state index >= 15 is 0 Å². The van der Waals surface area contributed by atoms with E-state index in [1.54, 1.807) is 36.4 Å². The summed E-state index contributed by atoms with van der Waals surface area (Å²) < 4.78 is 11.1. The molecule has 148 valence electrons.